The maximum atomic E-state index is 11.8. The Hall–Kier alpha value is -2.18. The maximum absolute atomic E-state index is 11.8. The highest BCUT2D eigenvalue weighted by Gasteiger charge is 2.41. The summed E-state index contributed by atoms with van der Waals surface area (Å²) in [5, 5.41) is 17.8. The van der Waals surface area contributed by atoms with Crippen LogP contribution in [0, 0.1) is 5.92 Å². The minimum absolute atomic E-state index is 0.546. The smallest absolute Gasteiger partial charge is 0.329 e. The molecular weight excluding hydrogens is 270 g/mol. The number of carbonyl (C=O) groups is 1. The average molecular weight is 289 g/mol. The van der Waals surface area contributed by atoms with Gasteiger partial charge in [-0.15, -0.1) is 0 Å². The van der Waals surface area contributed by atoms with Gasteiger partial charge in [-0.3, -0.25) is 4.68 Å². The molecule has 0 radical (unpaired) electrons. The SMILES string of the molecule is CC1CCC(Nc2ncnc3c2cnn3C)(C(=O)O)CC1. The number of hydrogen-bond donors (Lipinski definition) is 2. The van der Waals surface area contributed by atoms with Gasteiger partial charge in [0.1, 0.15) is 17.7 Å². The van der Waals surface area contributed by atoms with Crippen LogP contribution in [0.3, 0.4) is 0 Å². The lowest BCUT2D eigenvalue weighted by Gasteiger charge is -2.36. The van der Waals surface area contributed by atoms with Gasteiger partial charge in [0.15, 0.2) is 5.65 Å². The van der Waals surface area contributed by atoms with E-state index in [4.69, 9.17) is 0 Å². The van der Waals surface area contributed by atoms with Crippen molar-refractivity contribution in [2.24, 2.45) is 13.0 Å². The second kappa shape index (κ2) is 4.98. The quantitative estimate of drug-likeness (QED) is 0.895. The highest BCUT2D eigenvalue weighted by Crippen LogP contribution is 2.35. The van der Waals surface area contributed by atoms with Crippen LogP contribution in [0.25, 0.3) is 11.0 Å². The molecule has 0 amide bonds. The first-order valence-corrected chi connectivity index (χ1v) is 7.16. The summed E-state index contributed by atoms with van der Waals surface area (Å²) in [7, 11) is 1.80. The molecule has 2 aromatic rings. The molecule has 2 N–H and O–H groups in total. The molecule has 0 bridgehead atoms. The zero-order valence-corrected chi connectivity index (χ0v) is 12.2. The number of rotatable bonds is 3. The Labute approximate surface area is 122 Å². The standard InChI is InChI=1S/C14H19N5O2/c1-9-3-5-14(6-4-9,13(20)21)18-11-10-7-17-19(2)12(10)16-8-15-11/h7-9H,3-6H2,1-2H3,(H,20,21)(H,15,16,18). The van der Waals surface area contributed by atoms with E-state index in [9.17, 15) is 9.90 Å². The number of anilines is 1. The number of carboxylic acid groups (broad SMARTS) is 1. The lowest BCUT2D eigenvalue weighted by atomic mass is 9.77. The average Bonchev–Trinajstić information content (AvgIpc) is 2.84. The lowest BCUT2D eigenvalue weighted by molar-refractivity contribution is -0.143. The first-order valence-electron chi connectivity index (χ1n) is 7.16. The van der Waals surface area contributed by atoms with E-state index in [-0.39, 0.29) is 0 Å². The Morgan fingerprint density at radius 3 is 2.81 bits per heavy atom. The molecule has 0 atom stereocenters. The van der Waals surface area contributed by atoms with Crippen LogP contribution in [0.5, 0.6) is 0 Å². The van der Waals surface area contributed by atoms with Crippen LogP contribution in [-0.4, -0.2) is 36.4 Å². The molecule has 0 aromatic carbocycles. The number of aryl methyl sites for hydroxylation is 1. The Balaban J connectivity index is 1.97. The van der Waals surface area contributed by atoms with Crippen LogP contribution in [0.2, 0.25) is 0 Å². The molecule has 2 aromatic heterocycles. The van der Waals surface area contributed by atoms with Crippen molar-refractivity contribution in [2.45, 2.75) is 38.1 Å². The molecule has 0 aliphatic heterocycles. The van der Waals surface area contributed by atoms with E-state index in [0.717, 1.165) is 18.2 Å². The van der Waals surface area contributed by atoms with E-state index in [1.54, 1.807) is 17.9 Å². The molecule has 0 saturated heterocycles. The number of fused-ring (bicyclic) bond motifs is 1. The molecule has 1 fully saturated rings. The second-order valence-electron chi connectivity index (χ2n) is 5.92. The summed E-state index contributed by atoms with van der Waals surface area (Å²) in [5.41, 5.74) is -0.249. The van der Waals surface area contributed by atoms with Crippen molar-refractivity contribution in [3.05, 3.63) is 12.5 Å². The number of nitrogens with zero attached hydrogens (tertiary/aromatic N) is 4. The molecule has 1 saturated carbocycles. The van der Waals surface area contributed by atoms with Gasteiger partial charge in [0, 0.05) is 7.05 Å². The molecule has 7 nitrogen and oxygen atoms in total. The van der Waals surface area contributed by atoms with Crippen molar-refractivity contribution in [2.75, 3.05) is 5.32 Å². The second-order valence-corrected chi connectivity index (χ2v) is 5.92. The summed E-state index contributed by atoms with van der Waals surface area (Å²) in [6, 6.07) is 0. The number of aromatic nitrogens is 4. The van der Waals surface area contributed by atoms with E-state index in [0.29, 0.717) is 30.2 Å². The lowest BCUT2D eigenvalue weighted by Crippen LogP contribution is -2.49. The van der Waals surface area contributed by atoms with E-state index >= 15 is 0 Å². The van der Waals surface area contributed by atoms with Gasteiger partial charge >= 0.3 is 5.97 Å². The Morgan fingerprint density at radius 2 is 2.14 bits per heavy atom. The zero-order valence-electron chi connectivity index (χ0n) is 12.2. The topological polar surface area (TPSA) is 92.9 Å². The van der Waals surface area contributed by atoms with Crippen LogP contribution in [0.4, 0.5) is 5.82 Å². The van der Waals surface area contributed by atoms with E-state index in [1.165, 1.54) is 6.33 Å². The first-order chi connectivity index (χ1) is 10.0. The van der Waals surface area contributed by atoms with E-state index in [2.05, 4.69) is 27.3 Å². The van der Waals surface area contributed by atoms with Crippen molar-refractivity contribution in [1.82, 2.24) is 19.7 Å². The molecule has 1 aliphatic rings. The Morgan fingerprint density at radius 1 is 1.43 bits per heavy atom. The molecule has 1 aliphatic carbocycles. The summed E-state index contributed by atoms with van der Waals surface area (Å²) in [6.07, 6.45) is 6.12. The van der Waals surface area contributed by atoms with Gasteiger partial charge in [-0.25, -0.2) is 14.8 Å². The third kappa shape index (κ3) is 2.32. The van der Waals surface area contributed by atoms with Gasteiger partial charge in [0.05, 0.1) is 11.6 Å². The minimum atomic E-state index is -0.941. The van der Waals surface area contributed by atoms with E-state index in [1.807, 2.05) is 0 Å². The number of hydrogen-bond acceptors (Lipinski definition) is 5. The van der Waals surface area contributed by atoms with Crippen LogP contribution in [0.1, 0.15) is 32.6 Å². The summed E-state index contributed by atoms with van der Waals surface area (Å²) in [5.74, 6) is 0.304. The van der Waals surface area contributed by atoms with Crippen molar-refractivity contribution in [3.63, 3.8) is 0 Å². The predicted octanol–water partition coefficient (Wildman–Crippen LogP) is 1.81. The summed E-state index contributed by atoms with van der Waals surface area (Å²) in [6.45, 7) is 2.16. The van der Waals surface area contributed by atoms with Gasteiger partial charge in [-0.05, 0) is 31.6 Å². The highest BCUT2D eigenvalue weighted by atomic mass is 16.4. The van der Waals surface area contributed by atoms with Crippen LogP contribution >= 0.6 is 0 Å². The summed E-state index contributed by atoms with van der Waals surface area (Å²) >= 11 is 0. The monoisotopic (exact) mass is 289 g/mol. The van der Waals surface area contributed by atoms with Crippen molar-refractivity contribution in [3.8, 4) is 0 Å². The molecule has 0 unspecified atom stereocenters. The Kier molecular flexibility index (Phi) is 3.27. The molecule has 21 heavy (non-hydrogen) atoms. The fourth-order valence-electron chi connectivity index (χ4n) is 2.94. The van der Waals surface area contributed by atoms with Gasteiger partial charge in [-0.2, -0.15) is 5.10 Å². The zero-order chi connectivity index (χ0) is 15.0. The molecule has 112 valence electrons. The number of carboxylic acids is 1. The largest absolute Gasteiger partial charge is 0.480 e. The normalized spacial score (nSPS) is 25.9. The van der Waals surface area contributed by atoms with Crippen molar-refractivity contribution in [1.29, 1.82) is 0 Å². The van der Waals surface area contributed by atoms with E-state index < -0.39 is 11.5 Å². The molecule has 0 spiro atoms. The summed E-state index contributed by atoms with van der Waals surface area (Å²) < 4.78 is 1.65. The molecule has 7 heteroatoms. The highest BCUT2D eigenvalue weighted by molar-refractivity contribution is 5.90. The van der Waals surface area contributed by atoms with Gasteiger partial charge in [0.25, 0.3) is 0 Å². The molecule has 2 heterocycles. The minimum Gasteiger partial charge on any atom is -0.480 e. The summed E-state index contributed by atoms with van der Waals surface area (Å²) in [4.78, 5) is 20.2. The van der Waals surface area contributed by atoms with Gasteiger partial charge < -0.3 is 10.4 Å². The maximum Gasteiger partial charge on any atom is 0.329 e. The Bertz CT molecular complexity index is 673. The van der Waals surface area contributed by atoms with Gasteiger partial charge in [-0.1, -0.05) is 6.92 Å². The first kappa shape index (κ1) is 13.8. The third-order valence-electron chi connectivity index (χ3n) is 4.42. The fraction of sp³-hybridized carbons (Fsp3) is 0.571. The van der Waals surface area contributed by atoms with Crippen LogP contribution in [0.15, 0.2) is 12.5 Å². The van der Waals surface area contributed by atoms with Crippen molar-refractivity contribution < 1.29 is 9.90 Å². The number of aliphatic carboxylic acids is 1. The van der Waals surface area contributed by atoms with Crippen LogP contribution < -0.4 is 5.32 Å². The predicted molar refractivity (Wildman–Crippen MR) is 77.9 cm³/mol. The van der Waals surface area contributed by atoms with Crippen LogP contribution in [-0.2, 0) is 11.8 Å². The third-order valence-corrected chi connectivity index (χ3v) is 4.42. The molecular formula is C14H19N5O2. The number of nitrogens with one attached hydrogen (secondary N) is 1. The van der Waals surface area contributed by atoms with Crippen molar-refractivity contribution >= 4 is 22.8 Å². The van der Waals surface area contributed by atoms with Gasteiger partial charge in [0.2, 0.25) is 0 Å². The fourth-order valence-corrected chi connectivity index (χ4v) is 2.94. The molecule has 3 rings (SSSR count).